The third-order valence-electron chi connectivity index (χ3n) is 2.50. The average molecular weight is 284 g/mol. The number of anilines is 1. The van der Waals surface area contributed by atoms with E-state index in [1.165, 1.54) is 7.11 Å². The highest BCUT2D eigenvalue weighted by atomic mass is 19.4. The second-order valence-electron chi connectivity index (χ2n) is 3.88. The van der Waals surface area contributed by atoms with E-state index in [-0.39, 0.29) is 11.6 Å². The van der Waals surface area contributed by atoms with E-state index < -0.39 is 11.7 Å². The summed E-state index contributed by atoms with van der Waals surface area (Å²) in [4.78, 5) is 3.48. The molecule has 0 unspecified atom stereocenters. The molecule has 2 N–H and O–H groups in total. The number of halogens is 3. The highest BCUT2D eigenvalue weighted by Gasteiger charge is 2.32. The molecule has 2 rings (SSSR count). The maximum absolute atomic E-state index is 12.6. The van der Waals surface area contributed by atoms with E-state index in [2.05, 4.69) is 4.98 Å². The van der Waals surface area contributed by atoms with Crippen LogP contribution in [0.3, 0.4) is 0 Å². The molecule has 0 aliphatic carbocycles. The minimum Gasteiger partial charge on any atom is -0.497 e. The number of pyridine rings is 1. The molecule has 0 spiro atoms. The number of nitrogens with two attached hydrogens (primary N) is 1. The maximum Gasteiger partial charge on any atom is 0.418 e. The zero-order valence-electron chi connectivity index (χ0n) is 10.4. The third-order valence-corrected chi connectivity index (χ3v) is 2.50. The lowest BCUT2D eigenvalue weighted by molar-refractivity contribution is -0.137. The SMILES string of the molecule is COc1ccc(Oc2cc(C(F)(F)F)cnc2N)cc1. The van der Waals surface area contributed by atoms with Crippen LogP contribution in [-0.4, -0.2) is 12.1 Å². The lowest BCUT2D eigenvalue weighted by atomic mass is 10.2. The van der Waals surface area contributed by atoms with Crippen molar-refractivity contribution in [3.05, 3.63) is 42.1 Å². The number of aromatic nitrogens is 1. The van der Waals surface area contributed by atoms with Crippen LogP contribution in [0.15, 0.2) is 36.5 Å². The number of nitrogens with zero attached hydrogens (tertiary/aromatic N) is 1. The Hall–Kier alpha value is -2.44. The van der Waals surface area contributed by atoms with Gasteiger partial charge in [0.25, 0.3) is 0 Å². The van der Waals surface area contributed by atoms with Gasteiger partial charge in [-0.05, 0) is 30.3 Å². The molecular formula is C13H11F3N2O2. The first-order chi connectivity index (χ1) is 9.40. The van der Waals surface area contributed by atoms with E-state index in [0.717, 1.165) is 6.07 Å². The second-order valence-corrected chi connectivity index (χ2v) is 3.88. The van der Waals surface area contributed by atoms with E-state index in [4.69, 9.17) is 15.2 Å². The molecule has 1 aromatic heterocycles. The van der Waals surface area contributed by atoms with Gasteiger partial charge in [-0.15, -0.1) is 0 Å². The topological polar surface area (TPSA) is 57.4 Å². The van der Waals surface area contributed by atoms with Gasteiger partial charge in [0.05, 0.1) is 12.7 Å². The van der Waals surface area contributed by atoms with Crippen LogP contribution < -0.4 is 15.2 Å². The quantitative estimate of drug-likeness (QED) is 0.937. The smallest absolute Gasteiger partial charge is 0.418 e. The molecule has 0 bridgehead atoms. The van der Waals surface area contributed by atoms with Gasteiger partial charge in [-0.3, -0.25) is 0 Å². The highest BCUT2D eigenvalue weighted by Crippen LogP contribution is 2.34. The fourth-order valence-corrected chi connectivity index (χ4v) is 1.46. The van der Waals surface area contributed by atoms with Crippen molar-refractivity contribution in [2.24, 2.45) is 0 Å². The molecule has 1 aromatic carbocycles. The van der Waals surface area contributed by atoms with Gasteiger partial charge in [-0.2, -0.15) is 13.2 Å². The molecule has 0 aliphatic heterocycles. The molecule has 106 valence electrons. The standard InChI is InChI=1S/C13H11F3N2O2/c1-19-9-2-4-10(5-3-9)20-11-6-8(13(14,15)16)7-18-12(11)17/h2-7H,1H3,(H2,17,18). The summed E-state index contributed by atoms with van der Waals surface area (Å²) in [7, 11) is 1.50. The Kier molecular flexibility index (Phi) is 3.69. The van der Waals surface area contributed by atoms with E-state index in [0.29, 0.717) is 17.7 Å². The summed E-state index contributed by atoms with van der Waals surface area (Å²) >= 11 is 0. The van der Waals surface area contributed by atoms with Crippen LogP contribution >= 0.6 is 0 Å². The summed E-state index contributed by atoms with van der Waals surface area (Å²) in [6.07, 6.45) is -3.84. The van der Waals surface area contributed by atoms with Crippen LogP contribution in [0.2, 0.25) is 0 Å². The van der Waals surface area contributed by atoms with Gasteiger partial charge in [-0.1, -0.05) is 0 Å². The zero-order valence-corrected chi connectivity index (χ0v) is 10.4. The van der Waals surface area contributed by atoms with Gasteiger partial charge in [-0.25, -0.2) is 4.98 Å². The molecule has 4 nitrogen and oxygen atoms in total. The second kappa shape index (κ2) is 5.28. The zero-order chi connectivity index (χ0) is 14.8. The Morgan fingerprint density at radius 3 is 2.25 bits per heavy atom. The van der Waals surface area contributed by atoms with Crippen LogP contribution in [-0.2, 0) is 6.18 Å². The van der Waals surface area contributed by atoms with E-state index in [1.54, 1.807) is 24.3 Å². The van der Waals surface area contributed by atoms with Crippen LogP contribution in [0.5, 0.6) is 17.2 Å². The average Bonchev–Trinajstić information content (AvgIpc) is 2.41. The Balaban J connectivity index is 2.27. The van der Waals surface area contributed by atoms with Gasteiger partial charge >= 0.3 is 6.18 Å². The van der Waals surface area contributed by atoms with Crippen LogP contribution in [0.25, 0.3) is 0 Å². The van der Waals surface area contributed by atoms with E-state index in [1.807, 2.05) is 0 Å². The Morgan fingerprint density at radius 1 is 1.10 bits per heavy atom. The molecule has 7 heteroatoms. The molecule has 0 saturated carbocycles. The van der Waals surface area contributed by atoms with E-state index >= 15 is 0 Å². The van der Waals surface area contributed by atoms with Crippen molar-refractivity contribution in [3.63, 3.8) is 0 Å². The first-order valence-electron chi connectivity index (χ1n) is 5.55. The van der Waals surface area contributed by atoms with Gasteiger partial charge < -0.3 is 15.2 Å². The minimum atomic E-state index is -4.50. The van der Waals surface area contributed by atoms with Gasteiger partial charge in [0, 0.05) is 6.20 Å². The van der Waals surface area contributed by atoms with Crippen LogP contribution in [0.4, 0.5) is 19.0 Å². The number of benzene rings is 1. The summed E-state index contributed by atoms with van der Waals surface area (Å²) in [5.41, 5.74) is 4.59. The lowest BCUT2D eigenvalue weighted by Crippen LogP contribution is -2.07. The van der Waals surface area contributed by atoms with E-state index in [9.17, 15) is 13.2 Å². The number of ether oxygens (including phenoxy) is 2. The predicted molar refractivity (Wildman–Crippen MR) is 66.7 cm³/mol. The molecule has 0 aliphatic rings. The molecule has 1 heterocycles. The number of alkyl halides is 3. The Bertz CT molecular complexity index is 598. The highest BCUT2D eigenvalue weighted by molar-refractivity contribution is 5.50. The Labute approximate surface area is 113 Å². The molecule has 0 fully saturated rings. The largest absolute Gasteiger partial charge is 0.497 e. The predicted octanol–water partition coefficient (Wildman–Crippen LogP) is 3.48. The normalized spacial score (nSPS) is 11.2. The number of hydrogen-bond acceptors (Lipinski definition) is 4. The molecule has 0 atom stereocenters. The van der Waals surface area contributed by atoms with Gasteiger partial charge in [0.2, 0.25) is 0 Å². The van der Waals surface area contributed by atoms with Crippen molar-refractivity contribution in [2.45, 2.75) is 6.18 Å². The summed E-state index contributed by atoms with van der Waals surface area (Å²) < 4.78 is 48.0. The van der Waals surface area contributed by atoms with Crippen LogP contribution in [0.1, 0.15) is 5.56 Å². The number of hydrogen-bond donors (Lipinski definition) is 1. The molecule has 0 amide bonds. The lowest BCUT2D eigenvalue weighted by Gasteiger charge is -2.11. The number of rotatable bonds is 3. The van der Waals surface area contributed by atoms with Crippen molar-refractivity contribution < 1.29 is 22.6 Å². The summed E-state index contributed by atoms with van der Waals surface area (Å²) in [5, 5.41) is 0. The van der Waals surface area contributed by atoms with Crippen molar-refractivity contribution >= 4 is 5.82 Å². The minimum absolute atomic E-state index is 0.117. The van der Waals surface area contributed by atoms with Crippen molar-refractivity contribution in [3.8, 4) is 17.2 Å². The molecule has 2 aromatic rings. The molecule has 0 saturated heterocycles. The first-order valence-corrected chi connectivity index (χ1v) is 5.55. The van der Waals surface area contributed by atoms with Crippen molar-refractivity contribution in [1.82, 2.24) is 4.98 Å². The monoisotopic (exact) mass is 284 g/mol. The third kappa shape index (κ3) is 3.11. The molecular weight excluding hydrogens is 273 g/mol. The fourth-order valence-electron chi connectivity index (χ4n) is 1.46. The Morgan fingerprint density at radius 2 is 1.70 bits per heavy atom. The van der Waals surface area contributed by atoms with Crippen LogP contribution in [0, 0.1) is 0 Å². The van der Waals surface area contributed by atoms with Crippen molar-refractivity contribution in [2.75, 3.05) is 12.8 Å². The maximum atomic E-state index is 12.6. The fraction of sp³-hybridized carbons (Fsp3) is 0.154. The summed E-state index contributed by atoms with van der Waals surface area (Å²) in [6.45, 7) is 0. The summed E-state index contributed by atoms with van der Waals surface area (Å²) in [6, 6.07) is 7.16. The van der Waals surface area contributed by atoms with Gasteiger partial charge in [0.15, 0.2) is 11.6 Å². The first kappa shape index (κ1) is 14.0. The number of nitrogen functional groups attached to an aromatic ring is 1. The van der Waals surface area contributed by atoms with Gasteiger partial charge in [0.1, 0.15) is 11.5 Å². The number of methoxy groups -OCH3 is 1. The molecule has 20 heavy (non-hydrogen) atoms. The summed E-state index contributed by atoms with van der Waals surface area (Å²) in [5.74, 6) is 0.671. The molecule has 0 radical (unpaired) electrons. The van der Waals surface area contributed by atoms with Crippen molar-refractivity contribution in [1.29, 1.82) is 0 Å².